The Morgan fingerprint density at radius 1 is 1.75 bits per heavy atom. The summed E-state index contributed by atoms with van der Waals surface area (Å²) in [6.07, 6.45) is 5.76. The lowest BCUT2D eigenvalue weighted by atomic mass is 10.2. The van der Waals surface area contributed by atoms with Gasteiger partial charge in [-0.1, -0.05) is 24.5 Å². The predicted octanol–water partition coefficient (Wildman–Crippen LogP) is 3.20. The van der Waals surface area contributed by atoms with E-state index in [9.17, 15) is 4.79 Å². The Labute approximate surface area is 105 Å². The van der Waals surface area contributed by atoms with Crippen molar-refractivity contribution in [1.82, 2.24) is 4.98 Å². The van der Waals surface area contributed by atoms with Crippen LogP contribution in [0.25, 0.3) is 0 Å². The molecule has 0 atom stereocenters. The van der Waals surface area contributed by atoms with Gasteiger partial charge in [0.25, 0.3) is 0 Å². The van der Waals surface area contributed by atoms with Crippen molar-refractivity contribution in [2.45, 2.75) is 13.1 Å². The van der Waals surface area contributed by atoms with Crippen LogP contribution in [0.4, 0.5) is 0 Å². The summed E-state index contributed by atoms with van der Waals surface area (Å²) in [5.41, 5.74) is 0.695. The van der Waals surface area contributed by atoms with Gasteiger partial charge in [0.1, 0.15) is 20.7 Å². The van der Waals surface area contributed by atoms with Crippen molar-refractivity contribution in [3.63, 3.8) is 0 Å². The summed E-state index contributed by atoms with van der Waals surface area (Å²) in [5, 5.41) is 0.856. The van der Waals surface area contributed by atoms with E-state index in [2.05, 4.69) is 22.9 Å². The molecule has 0 amide bonds. The van der Waals surface area contributed by atoms with Gasteiger partial charge in [0.2, 0.25) is 0 Å². The molecule has 1 heterocycles. The number of nitrogens with zero attached hydrogens (tertiary/aromatic N) is 2. The van der Waals surface area contributed by atoms with Crippen LogP contribution in [0.5, 0.6) is 0 Å². The maximum absolute atomic E-state index is 11.4. The minimum Gasteiger partial charge on any atom is -0.293 e. The van der Waals surface area contributed by atoms with Crippen molar-refractivity contribution in [2.75, 3.05) is 0 Å². The van der Waals surface area contributed by atoms with Crippen LogP contribution in [-0.4, -0.2) is 22.8 Å². The van der Waals surface area contributed by atoms with E-state index in [1.165, 1.54) is 24.5 Å². The van der Waals surface area contributed by atoms with Crippen molar-refractivity contribution in [3.8, 4) is 0 Å². The minimum absolute atomic E-state index is 0.175. The molecule has 0 saturated carbocycles. The summed E-state index contributed by atoms with van der Waals surface area (Å²) < 4.78 is 0.481. The van der Waals surface area contributed by atoms with Gasteiger partial charge < -0.3 is 0 Å². The Morgan fingerprint density at radius 2 is 2.44 bits per heavy atom. The Balaban J connectivity index is 3.19. The molecule has 0 saturated heterocycles. The highest BCUT2D eigenvalue weighted by Crippen LogP contribution is 2.27. The quantitative estimate of drug-likeness (QED) is 0.610. The second-order valence-corrected chi connectivity index (χ2v) is 5.28. The molecule has 1 aromatic rings. The second-order valence-electron chi connectivity index (χ2n) is 2.83. The number of carbonyl (C=O) groups excluding carboxylic acids is 1. The highest BCUT2D eigenvalue weighted by molar-refractivity contribution is 7.36. The van der Waals surface area contributed by atoms with E-state index >= 15 is 0 Å². The maximum Gasteiger partial charge on any atom is 0.180 e. The van der Waals surface area contributed by atoms with Crippen molar-refractivity contribution >= 4 is 48.9 Å². The van der Waals surface area contributed by atoms with Crippen molar-refractivity contribution in [2.24, 2.45) is 4.99 Å². The molecule has 6 heteroatoms. The Kier molecular flexibility index (Phi) is 5.00. The average molecular weight is 273 g/mol. The topological polar surface area (TPSA) is 42.3 Å². The normalized spacial score (nSPS) is 11.8. The first-order valence-corrected chi connectivity index (χ1v) is 6.83. The third kappa shape index (κ3) is 3.08. The number of aliphatic imine (C=N–C) groups is 1. The number of aromatic nitrogens is 1. The number of carbonyl (C=O) groups is 1. The molecular weight excluding hydrogens is 263 g/mol. The van der Waals surface area contributed by atoms with E-state index in [-0.39, 0.29) is 11.5 Å². The van der Waals surface area contributed by atoms with Gasteiger partial charge in [-0.05, 0) is 0 Å². The highest BCUT2D eigenvalue weighted by atomic mass is 35.5. The molecule has 0 unspecified atom stereocenters. The van der Waals surface area contributed by atoms with Gasteiger partial charge in [-0.25, -0.2) is 4.98 Å². The summed E-state index contributed by atoms with van der Waals surface area (Å²) in [6.45, 7) is 4.89. The molecule has 1 aromatic heterocycles. The van der Waals surface area contributed by atoms with E-state index in [4.69, 9.17) is 11.6 Å². The lowest BCUT2D eigenvalue weighted by Crippen LogP contribution is -2.12. The van der Waals surface area contributed by atoms with Crippen molar-refractivity contribution in [3.05, 3.63) is 27.8 Å². The standard InChI is InChI=1S/C10H10ClN2OPS/c1-4-12-8(6(2)14)9-10(11)16-7(13-9)5-15-3/h4H,1,3,5H2,2H3. The molecule has 16 heavy (non-hydrogen) atoms. The van der Waals surface area contributed by atoms with E-state index in [0.717, 1.165) is 19.4 Å². The fraction of sp³-hybridized carbons (Fsp3) is 0.200. The molecule has 0 aliphatic carbocycles. The SMILES string of the molecule is C=CN=C(C(C)=O)c1nc(CP=C)sc1Cl. The van der Waals surface area contributed by atoms with Crippen LogP contribution in [0.2, 0.25) is 4.34 Å². The smallest absolute Gasteiger partial charge is 0.180 e. The zero-order valence-electron chi connectivity index (χ0n) is 8.73. The van der Waals surface area contributed by atoms with Gasteiger partial charge in [0.15, 0.2) is 5.78 Å². The third-order valence-electron chi connectivity index (χ3n) is 1.66. The van der Waals surface area contributed by atoms with E-state index in [0.29, 0.717) is 10.0 Å². The molecule has 0 aromatic carbocycles. The fourth-order valence-electron chi connectivity index (χ4n) is 1.06. The van der Waals surface area contributed by atoms with Crippen LogP contribution in [-0.2, 0) is 11.0 Å². The first-order chi connectivity index (χ1) is 7.60. The van der Waals surface area contributed by atoms with E-state index in [1.54, 1.807) is 0 Å². The van der Waals surface area contributed by atoms with E-state index < -0.39 is 0 Å². The van der Waals surface area contributed by atoms with Gasteiger partial charge >= 0.3 is 0 Å². The van der Waals surface area contributed by atoms with Crippen LogP contribution in [0.1, 0.15) is 17.6 Å². The first-order valence-electron chi connectivity index (χ1n) is 4.37. The summed E-state index contributed by atoms with van der Waals surface area (Å²) in [5.74, 6) is -0.175. The van der Waals surface area contributed by atoms with Crippen LogP contribution < -0.4 is 0 Å². The predicted molar refractivity (Wildman–Crippen MR) is 72.3 cm³/mol. The Bertz CT molecular complexity index is 467. The largest absolute Gasteiger partial charge is 0.293 e. The summed E-state index contributed by atoms with van der Waals surface area (Å²) in [7, 11) is 0.966. The zero-order chi connectivity index (χ0) is 12.1. The number of rotatable bonds is 5. The summed E-state index contributed by atoms with van der Waals surface area (Å²) in [4.78, 5) is 19.5. The average Bonchev–Trinajstić information content (AvgIpc) is 2.56. The van der Waals surface area contributed by atoms with E-state index in [1.807, 2.05) is 0 Å². The van der Waals surface area contributed by atoms with Crippen molar-refractivity contribution in [1.29, 1.82) is 0 Å². The van der Waals surface area contributed by atoms with Crippen LogP contribution in [0.3, 0.4) is 0 Å². The molecule has 0 bridgehead atoms. The first kappa shape index (κ1) is 13.2. The molecular formula is C10H10ClN2OPS. The van der Waals surface area contributed by atoms with Crippen LogP contribution in [0, 0.1) is 0 Å². The van der Waals surface area contributed by atoms with Gasteiger partial charge in [0, 0.05) is 19.3 Å². The molecule has 0 fully saturated rings. The van der Waals surface area contributed by atoms with Gasteiger partial charge in [-0.15, -0.1) is 19.5 Å². The molecule has 0 aliphatic rings. The number of Topliss-reactive ketones (excluding diaryl/α,β-unsaturated/α-hetero) is 1. The van der Waals surface area contributed by atoms with Crippen LogP contribution in [0.15, 0.2) is 17.8 Å². The molecule has 3 nitrogen and oxygen atoms in total. The number of hydrogen-bond acceptors (Lipinski definition) is 4. The summed E-state index contributed by atoms with van der Waals surface area (Å²) >= 11 is 7.37. The van der Waals surface area contributed by atoms with Crippen LogP contribution >= 0.6 is 31.1 Å². The number of ketones is 1. The molecule has 1 rings (SSSR count). The number of halogens is 1. The molecule has 0 spiro atoms. The fourth-order valence-corrected chi connectivity index (χ4v) is 2.84. The molecule has 0 aliphatic heterocycles. The highest BCUT2D eigenvalue weighted by Gasteiger charge is 2.17. The minimum atomic E-state index is -0.175. The molecule has 84 valence electrons. The zero-order valence-corrected chi connectivity index (χ0v) is 11.2. The summed E-state index contributed by atoms with van der Waals surface area (Å²) in [6, 6.07) is 0. The molecule has 0 N–H and O–H groups in total. The van der Waals surface area contributed by atoms with Gasteiger partial charge in [-0.3, -0.25) is 9.79 Å². The molecule has 0 radical (unpaired) electrons. The maximum atomic E-state index is 11.4. The second kappa shape index (κ2) is 6.04. The number of thiazole rings is 1. The van der Waals surface area contributed by atoms with Gasteiger partial charge in [-0.2, -0.15) is 0 Å². The van der Waals surface area contributed by atoms with Gasteiger partial charge in [0.05, 0.1) is 0 Å². The Hall–Kier alpha value is -0.830. The van der Waals surface area contributed by atoms with Crippen molar-refractivity contribution < 1.29 is 4.79 Å². The Morgan fingerprint density at radius 3 is 2.94 bits per heavy atom. The lowest BCUT2D eigenvalue weighted by molar-refractivity contribution is -0.111. The third-order valence-corrected chi connectivity index (χ3v) is 3.65. The monoisotopic (exact) mass is 272 g/mol. The number of hydrogen-bond donors (Lipinski definition) is 0. The lowest BCUT2D eigenvalue weighted by Gasteiger charge is -1.96.